The number of primary amides is 1. The summed E-state index contributed by atoms with van der Waals surface area (Å²) in [7, 11) is 0. The Hall–Kier alpha value is -3.18. The molecular formula is C22H20ClFN2O2. The summed E-state index contributed by atoms with van der Waals surface area (Å²) in [6, 6.07) is 24.5. The average molecular weight is 399 g/mol. The highest BCUT2D eigenvalue weighted by Crippen LogP contribution is 2.18. The molecule has 0 spiro atoms. The summed E-state index contributed by atoms with van der Waals surface area (Å²) in [6.07, 6.45) is 0. The first kappa shape index (κ1) is 21.1. The van der Waals surface area contributed by atoms with Crippen molar-refractivity contribution in [1.29, 1.82) is 0 Å². The summed E-state index contributed by atoms with van der Waals surface area (Å²) >= 11 is 5.84. The van der Waals surface area contributed by atoms with E-state index in [1.165, 1.54) is 23.1 Å². The van der Waals surface area contributed by atoms with Crippen molar-refractivity contribution < 1.29 is 14.0 Å². The number of amides is 2. The number of carbonyl (C=O) groups is 2. The van der Waals surface area contributed by atoms with Gasteiger partial charge >= 0.3 is 0 Å². The molecule has 0 radical (unpaired) electrons. The summed E-state index contributed by atoms with van der Waals surface area (Å²) < 4.78 is 13.8. The first-order chi connectivity index (χ1) is 13.5. The predicted octanol–water partition coefficient (Wildman–Crippen LogP) is 4.29. The highest BCUT2D eigenvalue weighted by molar-refractivity contribution is 6.30. The van der Waals surface area contributed by atoms with E-state index >= 15 is 0 Å². The van der Waals surface area contributed by atoms with Gasteiger partial charge in [-0.25, -0.2) is 4.39 Å². The van der Waals surface area contributed by atoms with Gasteiger partial charge in [-0.3, -0.25) is 9.59 Å². The number of hydrogen-bond donors (Lipinski definition) is 1. The molecule has 2 N–H and O–H groups in total. The number of rotatable bonds is 5. The average Bonchev–Trinajstić information content (AvgIpc) is 2.72. The highest BCUT2D eigenvalue weighted by atomic mass is 35.5. The van der Waals surface area contributed by atoms with E-state index in [1.54, 1.807) is 30.3 Å². The molecule has 3 rings (SSSR count). The van der Waals surface area contributed by atoms with Crippen molar-refractivity contribution in [2.75, 3.05) is 6.54 Å². The molecule has 0 saturated heterocycles. The number of carbonyl (C=O) groups excluding carboxylic acids is 2. The lowest BCUT2D eigenvalue weighted by molar-refractivity contribution is -0.118. The molecule has 28 heavy (non-hydrogen) atoms. The lowest BCUT2D eigenvalue weighted by Crippen LogP contribution is -2.38. The third-order valence-corrected chi connectivity index (χ3v) is 3.93. The van der Waals surface area contributed by atoms with E-state index in [4.69, 9.17) is 17.3 Å². The Kier molecular flexibility index (Phi) is 8.18. The number of nitrogens with two attached hydrogens (primary N) is 1. The van der Waals surface area contributed by atoms with Crippen LogP contribution in [0, 0.1) is 5.82 Å². The van der Waals surface area contributed by atoms with Crippen LogP contribution in [0.2, 0.25) is 5.02 Å². The van der Waals surface area contributed by atoms with Gasteiger partial charge in [0, 0.05) is 22.7 Å². The van der Waals surface area contributed by atoms with Gasteiger partial charge in [-0.15, -0.1) is 0 Å². The Morgan fingerprint density at radius 2 is 1.43 bits per heavy atom. The Labute approximate surface area is 168 Å². The molecule has 3 aromatic carbocycles. The monoisotopic (exact) mass is 398 g/mol. The molecule has 0 heterocycles. The summed E-state index contributed by atoms with van der Waals surface area (Å²) in [5.74, 6) is -1.58. The van der Waals surface area contributed by atoms with E-state index < -0.39 is 17.6 Å². The van der Waals surface area contributed by atoms with Crippen molar-refractivity contribution in [2.45, 2.75) is 6.54 Å². The van der Waals surface area contributed by atoms with Crippen LogP contribution < -0.4 is 5.73 Å². The second kappa shape index (κ2) is 10.8. The van der Waals surface area contributed by atoms with Crippen LogP contribution in [0.3, 0.4) is 0 Å². The molecule has 0 aliphatic heterocycles. The van der Waals surface area contributed by atoms with Crippen molar-refractivity contribution >= 4 is 23.4 Å². The van der Waals surface area contributed by atoms with Gasteiger partial charge < -0.3 is 10.6 Å². The minimum Gasteiger partial charge on any atom is -0.368 e. The van der Waals surface area contributed by atoms with Crippen molar-refractivity contribution in [1.82, 2.24) is 4.90 Å². The maximum absolute atomic E-state index is 13.8. The van der Waals surface area contributed by atoms with Gasteiger partial charge in [0.05, 0.1) is 6.54 Å². The zero-order valence-electron chi connectivity index (χ0n) is 15.1. The largest absolute Gasteiger partial charge is 0.368 e. The van der Waals surface area contributed by atoms with Crippen molar-refractivity contribution in [3.63, 3.8) is 0 Å². The van der Waals surface area contributed by atoms with Crippen LogP contribution in [0.4, 0.5) is 4.39 Å². The van der Waals surface area contributed by atoms with Gasteiger partial charge in [0.1, 0.15) is 5.82 Å². The lowest BCUT2D eigenvalue weighted by atomic mass is 10.1. The highest BCUT2D eigenvalue weighted by Gasteiger charge is 2.19. The second-order valence-corrected chi connectivity index (χ2v) is 6.32. The van der Waals surface area contributed by atoms with Gasteiger partial charge in [-0.05, 0) is 30.3 Å². The van der Waals surface area contributed by atoms with Crippen molar-refractivity contribution in [3.05, 3.63) is 107 Å². The maximum Gasteiger partial charge on any atom is 0.254 e. The molecular weight excluding hydrogens is 379 g/mol. The molecule has 0 aromatic heterocycles. The third-order valence-electron chi connectivity index (χ3n) is 3.69. The van der Waals surface area contributed by atoms with E-state index in [9.17, 15) is 14.0 Å². The molecule has 0 fully saturated rings. The van der Waals surface area contributed by atoms with Crippen LogP contribution in [-0.2, 0) is 11.3 Å². The van der Waals surface area contributed by atoms with Gasteiger partial charge in [-0.2, -0.15) is 0 Å². The molecule has 2 amide bonds. The minimum absolute atomic E-state index is 0.0942. The van der Waals surface area contributed by atoms with Crippen molar-refractivity contribution in [2.24, 2.45) is 5.73 Å². The third kappa shape index (κ3) is 6.85. The zero-order chi connectivity index (χ0) is 20.4. The Morgan fingerprint density at radius 1 is 0.893 bits per heavy atom. The standard InChI is InChI=1S/C16H14ClFN2O2.C6H6/c17-13-6-7-14(18)12(8-13)9-20(10-15(19)21)16(22)11-4-2-1-3-5-11;1-2-4-6-5-3-1/h1-8H,9-10H2,(H2,19,21);1-6H. The van der Waals surface area contributed by atoms with Gasteiger partial charge in [0.2, 0.25) is 5.91 Å². The molecule has 0 bridgehead atoms. The number of hydrogen-bond acceptors (Lipinski definition) is 2. The molecule has 0 unspecified atom stereocenters. The minimum atomic E-state index is -0.674. The van der Waals surface area contributed by atoms with Crippen molar-refractivity contribution in [3.8, 4) is 0 Å². The quantitative estimate of drug-likeness (QED) is 0.696. The summed E-state index contributed by atoms with van der Waals surface area (Å²) in [6.45, 7) is -0.400. The van der Waals surface area contributed by atoms with Gasteiger partial charge in [0.15, 0.2) is 0 Å². The number of halogens is 2. The Balaban J connectivity index is 0.000000397. The van der Waals surface area contributed by atoms with Crippen LogP contribution in [0.25, 0.3) is 0 Å². The maximum atomic E-state index is 13.8. The van der Waals surface area contributed by atoms with E-state index in [-0.39, 0.29) is 18.7 Å². The van der Waals surface area contributed by atoms with Crippen LogP contribution in [0.1, 0.15) is 15.9 Å². The van der Waals surface area contributed by atoms with Gasteiger partial charge in [0.25, 0.3) is 5.91 Å². The first-order valence-electron chi connectivity index (χ1n) is 8.54. The molecule has 144 valence electrons. The molecule has 3 aromatic rings. The van der Waals surface area contributed by atoms with E-state index in [0.29, 0.717) is 10.6 Å². The summed E-state index contributed by atoms with van der Waals surface area (Å²) in [4.78, 5) is 24.8. The Bertz CT molecular complexity index is 878. The van der Waals surface area contributed by atoms with Gasteiger partial charge in [-0.1, -0.05) is 66.2 Å². The van der Waals surface area contributed by atoms with E-state index in [1.807, 2.05) is 36.4 Å². The molecule has 4 nitrogen and oxygen atoms in total. The fraction of sp³-hybridized carbons (Fsp3) is 0.0909. The van der Waals surface area contributed by atoms with E-state index in [2.05, 4.69) is 0 Å². The van der Waals surface area contributed by atoms with Crippen LogP contribution in [0.15, 0.2) is 84.9 Å². The predicted molar refractivity (Wildman–Crippen MR) is 108 cm³/mol. The Morgan fingerprint density at radius 3 is 1.96 bits per heavy atom. The lowest BCUT2D eigenvalue weighted by Gasteiger charge is -2.21. The number of benzene rings is 3. The molecule has 0 aliphatic rings. The zero-order valence-corrected chi connectivity index (χ0v) is 15.9. The van der Waals surface area contributed by atoms with Crippen LogP contribution >= 0.6 is 11.6 Å². The molecule has 0 saturated carbocycles. The number of nitrogens with zero attached hydrogens (tertiary/aromatic N) is 1. The molecule has 6 heteroatoms. The fourth-order valence-electron chi connectivity index (χ4n) is 2.41. The van der Waals surface area contributed by atoms with Crippen LogP contribution in [-0.4, -0.2) is 23.3 Å². The SMILES string of the molecule is NC(=O)CN(Cc1cc(Cl)ccc1F)C(=O)c1ccccc1.c1ccccc1. The normalized spacial score (nSPS) is 9.79. The summed E-state index contributed by atoms with van der Waals surface area (Å²) in [5.41, 5.74) is 5.79. The molecule has 0 atom stereocenters. The molecule has 0 aliphatic carbocycles. The fourth-order valence-corrected chi connectivity index (χ4v) is 2.60. The first-order valence-corrected chi connectivity index (χ1v) is 8.91. The van der Waals surface area contributed by atoms with Crippen LogP contribution in [0.5, 0.6) is 0 Å². The topological polar surface area (TPSA) is 63.4 Å². The van der Waals surface area contributed by atoms with E-state index in [0.717, 1.165) is 0 Å². The summed E-state index contributed by atoms with van der Waals surface area (Å²) in [5, 5.41) is 0.350. The smallest absolute Gasteiger partial charge is 0.254 e. The second-order valence-electron chi connectivity index (χ2n) is 5.88.